The normalized spacial score (nSPS) is 19.1. The summed E-state index contributed by atoms with van der Waals surface area (Å²) < 4.78 is 32.9. The molecule has 118 valence electrons. The van der Waals surface area contributed by atoms with Crippen molar-refractivity contribution >= 4 is 10.0 Å². The van der Waals surface area contributed by atoms with Crippen molar-refractivity contribution < 1.29 is 13.2 Å². The molecule has 6 heteroatoms. The summed E-state index contributed by atoms with van der Waals surface area (Å²) in [5, 5.41) is 3.24. The monoisotopic (exact) mass is 312 g/mol. The van der Waals surface area contributed by atoms with Crippen LogP contribution >= 0.6 is 0 Å². The molecule has 1 saturated heterocycles. The van der Waals surface area contributed by atoms with Crippen LogP contribution in [0.4, 0.5) is 0 Å². The van der Waals surface area contributed by atoms with Crippen molar-refractivity contribution in [3.63, 3.8) is 0 Å². The van der Waals surface area contributed by atoms with E-state index < -0.39 is 10.0 Å². The molecule has 2 rings (SSSR count). The predicted octanol–water partition coefficient (Wildman–Crippen LogP) is 1.85. The van der Waals surface area contributed by atoms with Crippen LogP contribution in [0.15, 0.2) is 29.2 Å². The summed E-state index contributed by atoms with van der Waals surface area (Å²) in [5.74, 6) is 0.597. The Labute approximate surface area is 127 Å². The lowest BCUT2D eigenvalue weighted by Gasteiger charge is -2.27. The summed E-state index contributed by atoms with van der Waals surface area (Å²) in [6, 6.07) is 6.82. The van der Waals surface area contributed by atoms with Crippen molar-refractivity contribution in [2.75, 3.05) is 26.2 Å². The summed E-state index contributed by atoms with van der Waals surface area (Å²) in [7, 11) is -3.47. The Kier molecular flexibility index (Phi) is 5.61. The Balaban J connectivity index is 2.30. The molecule has 1 aromatic rings. The van der Waals surface area contributed by atoms with E-state index in [-0.39, 0.29) is 6.04 Å². The molecule has 0 radical (unpaired) electrons. The molecule has 1 aromatic carbocycles. The van der Waals surface area contributed by atoms with Crippen LogP contribution in [0.2, 0.25) is 0 Å². The van der Waals surface area contributed by atoms with E-state index in [1.807, 2.05) is 13.8 Å². The molecular weight excluding hydrogens is 288 g/mol. The maximum absolute atomic E-state index is 12.9. The molecule has 1 unspecified atom stereocenters. The maximum Gasteiger partial charge on any atom is 0.243 e. The molecule has 0 spiro atoms. The van der Waals surface area contributed by atoms with Gasteiger partial charge in [0.15, 0.2) is 0 Å². The molecule has 1 atom stereocenters. The van der Waals surface area contributed by atoms with Gasteiger partial charge in [-0.1, -0.05) is 13.0 Å². The van der Waals surface area contributed by atoms with Crippen LogP contribution < -0.4 is 10.1 Å². The van der Waals surface area contributed by atoms with E-state index in [4.69, 9.17) is 4.74 Å². The average molecular weight is 312 g/mol. The van der Waals surface area contributed by atoms with Crippen molar-refractivity contribution in [3.05, 3.63) is 24.3 Å². The van der Waals surface area contributed by atoms with Gasteiger partial charge in [0.2, 0.25) is 10.0 Å². The fraction of sp³-hybridized carbons (Fsp3) is 0.600. The Bertz CT molecular complexity index is 554. The topological polar surface area (TPSA) is 58.6 Å². The summed E-state index contributed by atoms with van der Waals surface area (Å²) in [6.07, 6.45) is 1.67. The highest BCUT2D eigenvalue weighted by molar-refractivity contribution is 7.89. The van der Waals surface area contributed by atoms with Crippen LogP contribution in [0.3, 0.4) is 0 Å². The van der Waals surface area contributed by atoms with Crippen LogP contribution in [0.5, 0.6) is 5.75 Å². The van der Waals surface area contributed by atoms with E-state index in [9.17, 15) is 8.42 Å². The van der Waals surface area contributed by atoms with Gasteiger partial charge >= 0.3 is 0 Å². The average Bonchev–Trinajstić information content (AvgIpc) is 2.99. The van der Waals surface area contributed by atoms with E-state index >= 15 is 0 Å². The molecule has 1 aliphatic rings. The van der Waals surface area contributed by atoms with Crippen LogP contribution in [0, 0.1) is 0 Å². The van der Waals surface area contributed by atoms with Gasteiger partial charge in [0.25, 0.3) is 0 Å². The molecule has 0 amide bonds. The van der Waals surface area contributed by atoms with Crippen molar-refractivity contribution in [3.8, 4) is 5.75 Å². The van der Waals surface area contributed by atoms with Crippen molar-refractivity contribution in [1.29, 1.82) is 0 Å². The molecule has 5 nitrogen and oxygen atoms in total. The Morgan fingerprint density at radius 1 is 1.38 bits per heavy atom. The Morgan fingerprint density at radius 3 is 2.81 bits per heavy atom. The summed E-state index contributed by atoms with van der Waals surface area (Å²) in [5.41, 5.74) is 0. The quantitative estimate of drug-likeness (QED) is 0.835. The lowest BCUT2D eigenvalue weighted by atomic mass is 10.2. The first-order chi connectivity index (χ1) is 10.1. The third-order valence-electron chi connectivity index (χ3n) is 3.61. The molecule has 1 aliphatic heterocycles. The third kappa shape index (κ3) is 3.75. The number of nitrogens with zero attached hydrogens (tertiary/aromatic N) is 1. The lowest BCUT2D eigenvalue weighted by Crippen LogP contribution is -2.41. The second-order valence-corrected chi connectivity index (χ2v) is 7.06. The number of benzene rings is 1. The van der Waals surface area contributed by atoms with Crippen molar-refractivity contribution in [2.24, 2.45) is 0 Å². The molecule has 0 aliphatic carbocycles. The van der Waals surface area contributed by atoms with Gasteiger partial charge in [-0.3, -0.25) is 0 Å². The number of hydrogen-bond donors (Lipinski definition) is 1. The van der Waals surface area contributed by atoms with Gasteiger partial charge in [-0.25, -0.2) is 8.42 Å². The van der Waals surface area contributed by atoms with Gasteiger partial charge in [0.05, 0.1) is 11.5 Å². The fourth-order valence-corrected chi connectivity index (χ4v) is 4.41. The van der Waals surface area contributed by atoms with Gasteiger partial charge in [-0.05, 0) is 38.4 Å². The number of sulfonamides is 1. The van der Waals surface area contributed by atoms with Gasteiger partial charge < -0.3 is 10.1 Å². The third-order valence-corrected chi connectivity index (χ3v) is 5.56. The van der Waals surface area contributed by atoms with Gasteiger partial charge in [0, 0.05) is 25.2 Å². The summed E-state index contributed by atoms with van der Waals surface area (Å²) in [4.78, 5) is 0.314. The second-order valence-electron chi connectivity index (χ2n) is 5.17. The first-order valence-electron chi connectivity index (χ1n) is 7.55. The number of ether oxygens (including phenoxy) is 1. The molecule has 1 fully saturated rings. The second kappa shape index (κ2) is 7.24. The largest absolute Gasteiger partial charge is 0.494 e. The predicted molar refractivity (Wildman–Crippen MR) is 83.1 cm³/mol. The highest BCUT2D eigenvalue weighted by Gasteiger charge is 2.32. The van der Waals surface area contributed by atoms with E-state index in [0.717, 1.165) is 25.9 Å². The zero-order valence-electron chi connectivity index (χ0n) is 12.7. The molecule has 1 heterocycles. The standard InChI is InChI=1S/C15H24N2O3S/c1-3-10-17(13-8-9-16-12-13)21(18,19)15-7-5-6-14(11-15)20-4-2/h5-7,11,13,16H,3-4,8-10,12H2,1-2H3. The number of hydrogen-bond acceptors (Lipinski definition) is 4. The van der Waals surface area contributed by atoms with E-state index in [1.54, 1.807) is 28.6 Å². The minimum Gasteiger partial charge on any atom is -0.494 e. The maximum atomic E-state index is 12.9. The summed E-state index contributed by atoms with van der Waals surface area (Å²) >= 11 is 0. The van der Waals surface area contributed by atoms with Gasteiger partial charge in [0.1, 0.15) is 5.75 Å². The fourth-order valence-electron chi connectivity index (χ4n) is 2.63. The Hall–Kier alpha value is -1.11. The van der Waals surface area contributed by atoms with Crippen LogP contribution in [0.25, 0.3) is 0 Å². The highest BCUT2D eigenvalue weighted by atomic mass is 32.2. The van der Waals surface area contributed by atoms with Crippen molar-refractivity contribution in [2.45, 2.75) is 37.6 Å². The molecule has 1 N–H and O–H groups in total. The first kappa shape index (κ1) is 16.3. The SMILES string of the molecule is CCCN(C1CCNC1)S(=O)(=O)c1cccc(OCC)c1. The van der Waals surface area contributed by atoms with Crippen LogP contribution in [0.1, 0.15) is 26.7 Å². The zero-order valence-corrected chi connectivity index (χ0v) is 13.5. The molecule has 0 bridgehead atoms. The minimum absolute atomic E-state index is 0.0469. The number of nitrogens with one attached hydrogen (secondary N) is 1. The van der Waals surface area contributed by atoms with E-state index in [2.05, 4.69) is 5.32 Å². The highest BCUT2D eigenvalue weighted by Crippen LogP contribution is 2.24. The molecule has 21 heavy (non-hydrogen) atoms. The van der Waals surface area contributed by atoms with E-state index in [1.165, 1.54) is 0 Å². The molecular formula is C15H24N2O3S. The van der Waals surface area contributed by atoms with Crippen molar-refractivity contribution in [1.82, 2.24) is 9.62 Å². The van der Waals surface area contributed by atoms with E-state index in [0.29, 0.717) is 23.8 Å². The first-order valence-corrected chi connectivity index (χ1v) is 8.99. The van der Waals surface area contributed by atoms with Crippen LogP contribution in [-0.2, 0) is 10.0 Å². The minimum atomic E-state index is -3.47. The van der Waals surface area contributed by atoms with Crippen LogP contribution in [-0.4, -0.2) is 45.0 Å². The smallest absolute Gasteiger partial charge is 0.243 e. The Morgan fingerprint density at radius 2 is 2.19 bits per heavy atom. The number of rotatable bonds is 7. The molecule has 0 saturated carbocycles. The zero-order chi connectivity index (χ0) is 15.3. The van der Waals surface area contributed by atoms with Gasteiger partial charge in [-0.15, -0.1) is 0 Å². The van der Waals surface area contributed by atoms with Gasteiger partial charge in [-0.2, -0.15) is 4.31 Å². The molecule has 0 aromatic heterocycles. The summed E-state index contributed by atoms with van der Waals surface area (Å²) in [6.45, 7) is 6.56. The lowest BCUT2D eigenvalue weighted by molar-refractivity contribution is 0.331.